The number of anilines is 2. The molecule has 35 heavy (non-hydrogen) atoms. The third kappa shape index (κ3) is 6.19. The van der Waals surface area contributed by atoms with Crippen LogP contribution in [-0.2, 0) is 9.59 Å². The Kier molecular flexibility index (Phi) is 7.36. The highest BCUT2D eigenvalue weighted by Gasteiger charge is 2.29. The number of methoxy groups -OCH3 is 1. The van der Waals surface area contributed by atoms with Crippen LogP contribution in [-0.4, -0.2) is 67.1 Å². The molecule has 0 spiro atoms. The summed E-state index contributed by atoms with van der Waals surface area (Å²) in [6.45, 7) is 8.11. The molecule has 4 rings (SSSR count). The summed E-state index contributed by atoms with van der Waals surface area (Å²) < 4.78 is 10.7. The SMILES string of the molecule is COc1cc(NC(=O)C(=O)NC(C)(C)CN2CCN(c3ccccc3)CC2)ccc1-c1cnco1. The van der Waals surface area contributed by atoms with Crippen LogP contribution in [0.1, 0.15) is 13.8 Å². The third-order valence-corrected chi connectivity index (χ3v) is 5.93. The zero-order valence-electron chi connectivity index (χ0n) is 20.3. The van der Waals surface area contributed by atoms with Gasteiger partial charge >= 0.3 is 11.8 Å². The molecule has 0 bridgehead atoms. The average Bonchev–Trinajstić information content (AvgIpc) is 3.39. The van der Waals surface area contributed by atoms with Gasteiger partial charge in [-0.15, -0.1) is 0 Å². The highest BCUT2D eigenvalue weighted by atomic mass is 16.5. The molecule has 0 unspecified atom stereocenters. The van der Waals surface area contributed by atoms with Crippen LogP contribution in [0.5, 0.6) is 5.75 Å². The zero-order chi connectivity index (χ0) is 24.8. The number of hydrogen-bond donors (Lipinski definition) is 2. The van der Waals surface area contributed by atoms with E-state index in [2.05, 4.69) is 37.6 Å². The Hall–Kier alpha value is -3.85. The first-order valence-electron chi connectivity index (χ1n) is 11.6. The molecule has 0 radical (unpaired) electrons. The van der Waals surface area contributed by atoms with Crippen LogP contribution < -0.4 is 20.3 Å². The Bertz CT molecular complexity index is 1140. The summed E-state index contributed by atoms with van der Waals surface area (Å²) in [7, 11) is 1.52. The quantitative estimate of drug-likeness (QED) is 0.505. The molecule has 2 amide bonds. The van der Waals surface area contributed by atoms with E-state index in [0.717, 1.165) is 26.2 Å². The van der Waals surface area contributed by atoms with Crippen LogP contribution in [0.25, 0.3) is 11.3 Å². The molecular weight excluding hydrogens is 446 g/mol. The molecule has 1 aliphatic rings. The Labute approximate surface area is 205 Å². The molecule has 1 saturated heterocycles. The number of para-hydroxylation sites is 1. The van der Waals surface area contributed by atoms with Crippen molar-refractivity contribution in [3.8, 4) is 17.1 Å². The van der Waals surface area contributed by atoms with Crippen molar-refractivity contribution in [1.82, 2.24) is 15.2 Å². The van der Waals surface area contributed by atoms with Gasteiger partial charge in [0.15, 0.2) is 12.2 Å². The van der Waals surface area contributed by atoms with E-state index in [1.54, 1.807) is 24.4 Å². The lowest BCUT2D eigenvalue weighted by Crippen LogP contribution is -2.57. The fraction of sp³-hybridized carbons (Fsp3) is 0.346. The van der Waals surface area contributed by atoms with E-state index in [4.69, 9.17) is 9.15 Å². The van der Waals surface area contributed by atoms with Crippen LogP contribution in [0.3, 0.4) is 0 Å². The van der Waals surface area contributed by atoms with Gasteiger partial charge in [0.1, 0.15) is 5.75 Å². The number of piperazine rings is 1. The normalized spacial score (nSPS) is 14.4. The zero-order valence-corrected chi connectivity index (χ0v) is 20.3. The van der Waals surface area contributed by atoms with Gasteiger partial charge in [0, 0.05) is 55.7 Å². The second-order valence-electron chi connectivity index (χ2n) is 9.17. The summed E-state index contributed by atoms with van der Waals surface area (Å²) in [6.07, 6.45) is 2.91. The van der Waals surface area contributed by atoms with Gasteiger partial charge < -0.3 is 24.7 Å². The van der Waals surface area contributed by atoms with Crippen LogP contribution in [0.4, 0.5) is 11.4 Å². The minimum Gasteiger partial charge on any atom is -0.496 e. The smallest absolute Gasteiger partial charge is 0.313 e. The van der Waals surface area contributed by atoms with Crippen molar-refractivity contribution in [2.45, 2.75) is 19.4 Å². The molecule has 1 fully saturated rings. The topological polar surface area (TPSA) is 99.9 Å². The molecular formula is C26H31N5O4. The first-order chi connectivity index (χ1) is 16.8. The summed E-state index contributed by atoms with van der Waals surface area (Å²) in [5, 5.41) is 5.51. The Morgan fingerprint density at radius 1 is 1.06 bits per heavy atom. The van der Waals surface area contributed by atoms with Crippen LogP contribution >= 0.6 is 0 Å². The molecule has 9 heteroatoms. The molecule has 1 aliphatic heterocycles. The third-order valence-electron chi connectivity index (χ3n) is 5.93. The maximum atomic E-state index is 12.6. The Morgan fingerprint density at radius 2 is 1.80 bits per heavy atom. The Balaban J connectivity index is 1.29. The number of benzene rings is 2. The van der Waals surface area contributed by atoms with Gasteiger partial charge in [-0.05, 0) is 38.1 Å². The van der Waals surface area contributed by atoms with Crippen LogP contribution in [0, 0.1) is 0 Å². The first kappa shape index (κ1) is 24.3. The molecule has 1 aromatic heterocycles. The van der Waals surface area contributed by atoms with Gasteiger partial charge in [0.2, 0.25) is 0 Å². The summed E-state index contributed by atoms with van der Waals surface area (Å²) in [6, 6.07) is 15.4. The fourth-order valence-electron chi connectivity index (χ4n) is 4.27. The number of oxazole rings is 1. The van der Waals surface area contributed by atoms with Gasteiger partial charge in [0.05, 0.1) is 18.9 Å². The van der Waals surface area contributed by atoms with E-state index in [1.807, 2.05) is 32.0 Å². The monoisotopic (exact) mass is 477 g/mol. The van der Waals surface area contributed by atoms with Gasteiger partial charge in [-0.25, -0.2) is 4.98 Å². The lowest BCUT2D eigenvalue weighted by atomic mass is 10.0. The largest absolute Gasteiger partial charge is 0.496 e. The maximum absolute atomic E-state index is 12.6. The highest BCUT2D eigenvalue weighted by molar-refractivity contribution is 6.39. The molecule has 0 aliphatic carbocycles. The molecule has 3 aromatic rings. The second kappa shape index (κ2) is 10.6. The maximum Gasteiger partial charge on any atom is 0.313 e. The summed E-state index contributed by atoms with van der Waals surface area (Å²) >= 11 is 0. The summed E-state index contributed by atoms with van der Waals surface area (Å²) in [5.41, 5.74) is 1.79. The molecule has 9 nitrogen and oxygen atoms in total. The fourth-order valence-corrected chi connectivity index (χ4v) is 4.27. The predicted molar refractivity (Wildman–Crippen MR) is 134 cm³/mol. The standard InChI is InChI=1S/C26H31N5O4/c1-26(2,17-30-11-13-31(14-12-30)20-7-5-4-6-8-20)29-25(33)24(32)28-19-9-10-21(22(15-19)34-3)23-16-27-18-35-23/h4-10,15-16,18H,11-14,17H2,1-3H3,(H,28,32)(H,29,33). The molecule has 0 atom stereocenters. The second-order valence-corrected chi connectivity index (χ2v) is 9.17. The van der Waals surface area contributed by atoms with Crippen molar-refractivity contribution in [3.05, 3.63) is 61.1 Å². The van der Waals surface area contributed by atoms with E-state index in [0.29, 0.717) is 29.3 Å². The molecule has 184 valence electrons. The van der Waals surface area contributed by atoms with Crippen molar-refractivity contribution in [1.29, 1.82) is 0 Å². The number of carbonyl (C=O) groups excluding carboxylic acids is 2. The predicted octanol–water partition coefficient (Wildman–Crippen LogP) is 3.01. The van der Waals surface area contributed by atoms with Gasteiger partial charge in [-0.2, -0.15) is 0 Å². The van der Waals surface area contributed by atoms with E-state index in [1.165, 1.54) is 19.2 Å². The number of hydrogen-bond acceptors (Lipinski definition) is 7. The number of nitrogens with zero attached hydrogens (tertiary/aromatic N) is 3. The molecule has 2 N–H and O–H groups in total. The van der Waals surface area contributed by atoms with Crippen molar-refractivity contribution in [2.75, 3.05) is 50.1 Å². The number of aromatic nitrogens is 1. The minimum absolute atomic E-state index is 0.445. The average molecular weight is 478 g/mol. The van der Waals surface area contributed by atoms with Crippen molar-refractivity contribution in [2.24, 2.45) is 0 Å². The number of carbonyl (C=O) groups is 2. The van der Waals surface area contributed by atoms with Gasteiger partial charge in [0.25, 0.3) is 0 Å². The lowest BCUT2D eigenvalue weighted by molar-refractivity contribution is -0.137. The van der Waals surface area contributed by atoms with E-state index >= 15 is 0 Å². The van der Waals surface area contributed by atoms with Gasteiger partial charge in [-0.1, -0.05) is 18.2 Å². The first-order valence-corrected chi connectivity index (χ1v) is 11.6. The van der Waals surface area contributed by atoms with E-state index in [-0.39, 0.29) is 0 Å². The number of rotatable bonds is 7. The van der Waals surface area contributed by atoms with E-state index in [9.17, 15) is 9.59 Å². The molecule has 2 aromatic carbocycles. The van der Waals surface area contributed by atoms with Crippen molar-refractivity contribution < 1.29 is 18.7 Å². The van der Waals surface area contributed by atoms with Crippen molar-refractivity contribution in [3.63, 3.8) is 0 Å². The van der Waals surface area contributed by atoms with Crippen molar-refractivity contribution >= 4 is 23.2 Å². The number of ether oxygens (including phenoxy) is 1. The lowest BCUT2D eigenvalue weighted by Gasteiger charge is -2.40. The van der Waals surface area contributed by atoms with Crippen LogP contribution in [0.2, 0.25) is 0 Å². The van der Waals surface area contributed by atoms with Crippen LogP contribution in [0.15, 0.2) is 65.5 Å². The van der Waals surface area contributed by atoms with E-state index < -0.39 is 17.4 Å². The van der Waals surface area contributed by atoms with Gasteiger partial charge in [-0.3, -0.25) is 14.5 Å². The summed E-state index contributed by atoms with van der Waals surface area (Å²) in [5.74, 6) is -0.378. The number of nitrogens with one attached hydrogen (secondary N) is 2. The summed E-state index contributed by atoms with van der Waals surface area (Å²) in [4.78, 5) is 33.8. The minimum atomic E-state index is -0.735. The molecule has 0 saturated carbocycles. The molecule has 2 heterocycles. The highest BCUT2D eigenvalue weighted by Crippen LogP contribution is 2.32. The number of amides is 2. The Morgan fingerprint density at radius 3 is 2.46 bits per heavy atom.